The lowest BCUT2D eigenvalue weighted by molar-refractivity contribution is 0.146. The van der Waals surface area contributed by atoms with Gasteiger partial charge in [0.2, 0.25) is 0 Å². The summed E-state index contributed by atoms with van der Waals surface area (Å²) in [5.41, 5.74) is 4.61. The van der Waals surface area contributed by atoms with Crippen LogP contribution in [-0.2, 0) is 7.05 Å². The molecule has 0 aromatic carbocycles. The van der Waals surface area contributed by atoms with Crippen molar-refractivity contribution in [2.75, 3.05) is 5.73 Å². The van der Waals surface area contributed by atoms with Crippen molar-refractivity contribution in [1.29, 1.82) is 0 Å². The molecule has 0 aliphatic carbocycles. The van der Waals surface area contributed by atoms with Gasteiger partial charge in [0.15, 0.2) is 11.5 Å². The van der Waals surface area contributed by atoms with Gasteiger partial charge in [0.05, 0.1) is 0 Å². The van der Waals surface area contributed by atoms with Crippen LogP contribution in [0.4, 0.5) is 14.6 Å². The molecule has 0 saturated carbocycles. The maximum absolute atomic E-state index is 11.8. The van der Waals surface area contributed by atoms with Gasteiger partial charge in [0.25, 0.3) is 6.43 Å². The quantitative estimate of drug-likeness (QED) is 0.624. The summed E-state index contributed by atoms with van der Waals surface area (Å²) < 4.78 is 23.7. The number of halogens is 2. The second kappa shape index (κ2) is 2.20. The zero-order valence-corrected chi connectivity index (χ0v) is 5.25. The molecule has 6 heteroatoms. The molecule has 0 amide bonds. The minimum atomic E-state index is -2.64. The largest absolute Gasteiger partial charge is 0.380 e. The first-order valence-corrected chi connectivity index (χ1v) is 2.56. The molecule has 0 atom stereocenters. The summed E-state index contributed by atoms with van der Waals surface area (Å²) >= 11 is 0. The molecular formula is C4H6F2N4. The summed E-state index contributed by atoms with van der Waals surface area (Å²) in [4.78, 5) is 1.01. The molecule has 10 heavy (non-hydrogen) atoms. The van der Waals surface area contributed by atoms with Crippen LogP contribution in [0, 0.1) is 0 Å². The molecule has 1 aromatic heterocycles. The van der Waals surface area contributed by atoms with Crippen LogP contribution in [0.25, 0.3) is 0 Å². The van der Waals surface area contributed by atoms with Crippen molar-refractivity contribution >= 4 is 5.82 Å². The van der Waals surface area contributed by atoms with Crippen molar-refractivity contribution in [3.8, 4) is 0 Å². The van der Waals surface area contributed by atoms with E-state index in [2.05, 4.69) is 10.2 Å². The fraction of sp³-hybridized carbons (Fsp3) is 0.500. The van der Waals surface area contributed by atoms with Crippen molar-refractivity contribution < 1.29 is 8.78 Å². The predicted molar refractivity (Wildman–Crippen MR) is 30.4 cm³/mol. The van der Waals surface area contributed by atoms with Crippen molar-refractivity contribution in [2.45, 2.75) is 6.43 Å². The highest BCUT2D eigenvalue weighted by molar-refractivity contribution is 5.32. The summed E-state index contributed by atoms with van der Waals surface area (Å²) in [6.45, 7) is 0. The summed E-state index contributed by atoms with van der Waals surface area (Å²) in [6.07, 6.45) is -2.64. The number of anilines is 1. The number of nitrogens with zero attached hydrogens (tertiary/aromatic N) is 3. The molecule has 0 bridgehead atoms. The summed E-state index contributed by atoms with van der Waals surface area (Å²) in [5.74, 6) is -0.211. The Bertz CT molecular complexity index is 231. The lowest BCUT2D eigenvalue weighted by Gasteiger charge is -1.89. The van der Waals surface area contributed by atoms with Crippen LogP contribution >= 0.6 is 0 Å². The first kappa shape index (κ1) is 6.91. The van der Waals surface area contributed by atoms with E-state index in [-0.39, 0.29) is 5.82 Å². The Kier molecular flexibility index (Phi) is 1.52. The predicted octanol–water partition coefficient (Wildman–Crippen LogP) is 0.335. The van der Waals surface area contributed by atoms with Crippen molar-refractivity contribution in [2.24, 2.45) is 7.05 Å². The number of nitrogen functional groups attached to an aromatic ring is 1. The van der Waals surface area contributed by atoms with Crippen molar-refractivity contribution in [1.82, 2.24) is 15.0 Å². The number of aryl methyl sites for hydroxylation is 1. The van der Waals surface area contributed by atoms with Crippen LogP contribution in [-0.4, -0.2) is 15.0 Å². The van der Waals surface area contributed by atoms with Gasteiger partial charge in [0, 0.05) is 7.05 Å². The molecule has 1 heterocycles. The van der Waals surface area contributed by atoms with E-state index < -0.39 is 12.1 Å². The van der Waals surface area contributed by atoms with E-state index in [1.54, 1.807) is 0 Å². The van der Waals surface area contributed by atoms with Gasteiger partial charge in [-0.25, -0.2) is 8.78 Å². The molecule has 0 radical (unpaired) electrons. The molecule has 1 aromatic rings. The van der Waals surface area contributed by atoms with Gasteiger partial charge in [-0.2, -0.15) is 9.90 Å². The van der Waals surface area contributed by atoms with E-state index in [1.807, 2.05) is 0 Å². The van der Waals surface area contributed by atoms with Gasteiger partial charge < -0.3 is 5.73 Å². The molecule has 0 unspecified atom stereocenters. The Morgan fingerprint density at radius 3 is 2.30 bits per heavy atom. The van der Waals surface area contributed by atoms with Crippen LogP contribution in [0.3, 0.4) is 0 Å². The van der Waals surface area contributed by atoms with E-state index in [0.717, 1.165) is 4.80 Å². The van der Waals surface area contributed by atoms with Gasteiger partial charge in [-0.05, 0) is 0 Å². The second-order valence-corrected chi connectivity index (χ2v) is 1.76. The molecule has 0 aliphatic rings. The molecule has 0 fully saturated rings. The Hall–Kier alpha value is -1.20. The average molecular weight is 148 g/mol. The van der Waals surface area contributed by atoms with E-state index >= 15 is 0 Å². The lowest BCUT2D eigenvalue weighted by atomic mass is 10.5. The monoisotopic (exact) mass is 148 g/mol. The van der Waals surface area contributed by atoms with Crippen LogP contribution in [0.15, 0.2) is 0 Å². The van der Waals surface area contributed by atoms with E-state index in [4.69, 9.17) is 5.73 Å². The number of hydrogen-bond acceptors (Lipinski definition) is 3. The van der Waals surface area contributed by atoms with Crippen molar-refractivity contribution in [3.05, 3.63) is 5.69 Å². The van der Waals surface area contributed by atoms with Gasteiger partial charge in [-0.15, -0.1) is 5.10 Å². The molecule has 0 saturated heterocycles. The van der Waals surface area contributed by atoms with Gasteiger partial charge in [-0.3, -0.25) is 0 Å². The van der Waals surface area contributed by atoms with E-state index in [0.29, 0.717) is 0 Å². The number of nitrogens with two attached hydrogens (primary N) is 1. The van der Waals surface area contributed by atoms with Crippen LogP contribution < -0.4 is 5.73 Å². The highest BCUT2D eigenvalue weighted by Crippen LogP contribution is 2.19. The Labute approximate surface area is 55.6 Å². The first-order valence-electron chi connectivity index (χ1n) is 2.56. The first-order chi connectivity index (χ1) is 4.61. The minimum absolute atomic E-state index is 0.211. The molecule has 4 nitrogen and oxygen atoms in total. The third-order valence-electron chi connectivity index (χ3n) is 0.974. The fourth-order valence-corrected chi connectivity index (χ4v) is 0.592. The normalized spacial score (nSPS) is 10.8. The molecule has 2 N–H and O–H groups in total. The smallest absolute Gasteiger partial charge is 0.285 e. The van der Waals surface area contributed by atoms with Crippen molar-refractivity contribution in [3.63, 3.8) is 0 Å². The summed E-state index contributed by atoms with van der Waals surface area (Å²) in [5, 5.41) is 6.78. The van der Waals surface area contributed by atoms with E-state index in [1.165, 1.54) is 7.05 Å². The fourth-order valence-electron chi connectivity index (χ4n) is 0.592. The zero-order chi connectivity index (χ0) is 7.72. The van der Waals surface area contributed by atoms with Crippen LogP contribution in [0.1, 0.15) is 12.1 Å². The molecule has 1 rings (SSSR count). The lowest BCUT2D eigenvalue weighted by Crippen LogP contribution is -1.93. The van der Waals surface area contributed by atoms with Gasteiger partial charge >= 0.3 is 0 Å². The highest BCUT2D eigenvalue weighted by atomic mass is 19.3. The number of aromatic nitrogens is 3. The Morgan fingerprint density at radius 2 is 2.10 bits per heavy atom. The average Bonchev–Trinajstić information content (AvgIpc) is 2.10. The summed E-state index contributed by atoms with van der Waals surface area (Å²) in [7, 11) is 1.43. The third-order valence-corrected chi connectivity index (χ3v) is 0.974. The standard InChI is InChI=1S/C4H6F2N4/c1-10-8-2(3(5)6)4(7)9-10/h3H,1H3,(H2,7,9). The van der Waals surface area contributed by atoms with Crippen LogP contribution in [0.2, 0.25) is 0 Å². The zero-order valence-electron chi connectivity index (χ0n) is 5.25. The third kappa shape index (κ3) is 1.04. The Balaban J connectivity index is 3.03. The number of rotatable bonds is 1. The molecule has 0 aliphatic heterocycles. The maximum Gasteiger partial charge on any atom is 0.285 e. The molecule has 56 valence electrons. The topological polar surface area (TPSA) is 56.7 Å². The Morgan fingerprint density at radius 1 is 1.50 bits per heavy atom. The maximum atomic E-state index is 11.8. The minimum Gasteiger partial charge on any atom is -0.380 e. The summed E-state index contributed by atoms with van der Waals surface area (Å²) in [6, 6.07) is 0. The number of alkyl halides is 2. The van der Waals surface area contributed by atoms with Crippen LogP contribution in [0.5, 0.6) is 0 Å². The van der Waals surface area contributed by atoms with E-state index in [9.17, 15) is 8.78 Å². The van der Waals surface area contributed by atoms with Gasteiger partial charge in [-0.1, -0.05) is 0 Å². The highest BCUT2D eigenvalue weighted by Gasteiger charge is 2.16. The SMILES string of the molecule is Cn1nc(N)c(C(F)F)n1. The molecular weight excluding hydrogens is 142 g/mol. The van der Waals surface area contributed by atoms with Gasteiger partial charge in [0.1, 0.15) is 0 Å². The second-order valence-electron chi connectivity index (χ2n) is 1.76. The molecule has 0 spiro atoms. The number of hydrogen-bond donors (Lipinski definition) is 1.